The molecule has 0 unspecified atom stereocenters. The lowest BCUT2D eigenvalue weighted by atomic mass is 10.1. The van der Waals surface area contributed by atoms with Gasteiger partial charge in [0, 0.05) is 19.0 Å². The van der Waals surface area contributed by atoms with Crippen LogP contribution in [0.1, 0.15) is 35.7 Å². The van der Waals surface area contributed by atoms with Crippen LogP contribution >= 0.6 is 0 Å². The predicted molar refractivity (Wildman–Crippen MR) is 85.8 cm³/mol. The number of benzene rings is 1. The van der Waals surface area contributed by atoms with Crippen LogP contribution in [0.25, 0.3) is 0 Å². The first-order chi connectivity index (χ1) is 11.0. The molecule has 0 saturated heterocycles. The minimum atomic E-state index is -0.265. The van der Waals surface area contributed by atoms with E-state index < -0.39 is 0 Å². The molecule has 1 amide bonds. The summed E-state index contributed by atoms with van der Waals surface area (Å²) in [6, 6.07) is 7.18. The van der Waals surface area contributed by atoms with Crippen molar-refractivity contribution < 1.29 is 18.8 Å². The normalized spacial score (nSPS) is 10.7. The number of amides is 1. The first-order valence-electron chi connectivity index (χ1n) is 7.48. The second kappa shape index (κ2) is 7.67. The highest BCUT2D eigenvalue weighted by atomic mass is 16.5. The molecule has 0 fully saturated rings. The van der Waals surface area contributed by atoms with Crippen molar-refractivity contribution in [3.05, 3.63) is 41.3 Å². The van der Waals surface area contributed by atoms with Gasteiger partial charge in [-0.25, -0.2) is 0 Å². The Hall–Kier alpha value is -2.50. The Morgan fingerprint density at radius 1 is 1.22 bits per heavy atom. The maximum absolute atomic E-state index is 12.1. The molecule has 0 atom stereocenters. The molecule has 23 heavy (non-hydrogen) atoms. The Bertz CT molecular complexity index is 664. The summed E-state index contributed by atoms with van der Waals surface area (Å²) in [6.07, 6.45) is 0.760. The zero-order valence-electron chi connectivity index (χ0n) is 13.9. The second-order valence-corrected chi connectivity index (χ2v) is 5.65. The topological polar surface area (TPSA) is 73.6 Å². The summed E-state index contributed by atoms with van der Waals surface area (Å²) in [7, 11) is 3.16. The van der Waals surface area contributed by atoms with Crippen molar-refractivity contribution in [2.45, 2.75) is 26.8 Å². The van der Waals surface area contributed by atoms with Gasteiger partial charge in [-0.15, -0.1) is 0 Å². The molecule has 2 aromatic rings. The molecule has 0 saturated carbocycles. The van der Waals surface area contributed by atoms with Crippen LogP contribution in [-0.4, -0.2) is 25.3 Å². The third kappa shape index (κ3) is 4.48. The van der Waals surface area contributed by atoms with Crippen molar-refractivity contribution in [2.24, 2.45) is 5.92 Å². The number of carbonyl (C=O) groups is 1. The summed E-state index contributed by atoms with van der Waals surface area (Å²) in [5, 5.41) is 6.62. The number of hydrogen-bond acceptors (Lipinski definition) is 5. The third-order valence-corrected chi connectivity index (χ3v) is 3.30. The minimum absolute atomic E-state index is 0.265. The number of nitrogens with one attached hydrogen (secondary N) is 1. The molecule has 0 aliphatic carbocycles. The fraction of sp³-hybridized carbons (Fsp3) is 0.412. The first-order valence-corrected chi connectivity index (χ1v) is 7.48. The van der Waals surface area contributed by atoms with E-state index in [-0.39, 0.29) is 5.91 Å². The summed E-state index contributed by atoms with van der Waals surface area (Å²) in [4.78, 5) is 12.1. The smallest absolute Gasteiger partial charge is 0.273 e. The lowest BCUT2D eigenvalue weighted by Crippen LogP contribution is -2.23. The molecule has 0 aliphatic rings. The fourth-order valence-electron chi connectivity index (χ4n) is 2.18. The Balaban J connectivity index is 1.97. The molecule has 1 N–H and O–H groups in total. The van der Waals surface area contributed by atoms with Gasteiger partial charge in [0.2, 0.25) is 0 Å². The van der Waals surface area contributed by atoms with E-state index in [1.54, 1.807) is 26.4 Å². The molecule has 1 aromatic heterocycles. The number of ether oxygens (including phenoxy) is 2. The van der Waals surface area contributed by atoms with Crippen LogP contribution in [0, 0.1) is 5.92 Å². The summed E-state index contributed by atoms with van der Waals surface area (Å²) in [5.74, 6) is 2.18. The van der Waals surface area contributed by atoms with Gasteiger partial charge in [-0.3, -0.25) is 4.79 Å². The van der Waals surface area contributed by atoms with E-state index in [1.807, 2.05) is 12.1 Å². The lowest BCUT2D eigenvalue weighted by molar-refractivity contribution is 0.0941. The second-order valence-electron chi connectivity index (χ2n) is 5.65. The molecule has 124 valence electrons. The zero-order valence-corrected chi connectivity index (χ0v) is 13.9. The zero-order chi connectivity index (χ0) is 16.8. The van der Waals surface area contributed by atoms with Gasteiger partial charge < -0.3 is 19.3 Å². The average molecular weight is 318 g/mol. The third-order valence-electron chi connectivity index (χ3n) is 3.30. The SMILES string of the molecule is COc1ccc(CNC(=O)c2cc(CC(C)C)on2)cc1OC. The molecule has 0 spiro atoms. The quantitative estimate of drug-likeness (QED) is 0.850. The van der Waals surface area contributed by atoms with Crippen LogP contribution in [0.15, 0.2) is 28.8 Å². The van der Waals surface area contributed by atoms with Crippen LogP contribution in [0.5, 0.6) is 11.5 Å². The first kappa shape index (κ1) is 16.9. The van der Waals surface area contributed by atoms with E-state index >= 15 is 0 Å². The van der Waals surface area contributed by atoms with Gasteiger partial charge in [0.1, 0.15) is 5.76 Å². The highest BCUT2D eigenvalue weighted by molar-refractivity contribution is 5.92. The van der Waals surface area contributed by atoms with Crippen LogP contribution in [0.3, 0.4) is 0 Å². The van der Waals surface area contributed by atoms with E-state index in [4.69, 9.17) is 14.0 Å². The predicted octanol–water partition coefficient (Wildman–Crippen LogP) is 2.82. The summed E-state index contributed by atoms with van der Waals surface area (Å²) in [5.41, 5.74) is 1.20. The Morgan fingerprint density at radius 2 is 1.96 bits per heavy atom. The minimum Gasteiger partial charge on any atom is -0.493 e. The monoisotopic (exact) mass is 318 g/mol. The van der Waals surface area contributed by atoms with E-state index in [9.17, 15) is 4.79 Å². The molecule has 0 radical (unpaired) electrons. The molecule has 0 bridgehead atoms. The number of carbonyl (C=O) groups excluding carboxylic acids is 1. The van der Waals surface area contributed by atoms with E-state index in [2.05, 4.69) is 24.3 Å². The van der Waals surface area contributed by atoms with Gasteiger partial charge in [-0.2, -0.15) is 0 Å². The molecule has 0 aliphatic heterocycles. The van der Waals surface area contributed by atoms with Crippen molar-refractivity contribution in [1.82, 2.24) is 10.5 Å². The number of rotatable bonds is 7. The van der Waals surface area contributed by atoms with Crippen molar-refractivity contribution in [2.75, 3.05) is 14.2 Å². The summed E-state index contributed by atoms with van der Waals surface area (Å²) < 4.78 is 15.6. The van der Waals surface area contributed by atoms with Crippen molar-refractivity contribution in [3.8, 4) is 11.5 Å². The molecular weight excluding hydrogens is 296 g/mol. The lowest BCUT2D eigenvalue weighted by Gasteiger charge is -2.09. The molecule has 2 rings (SSSR count). The number of nitrogens with zero attached hydrogens (tertiary/aromatic N) is 1. The average Bonchev–Trinajstić information content (AvgIpc) is 3.00. The van der Waals surface area contributed by atoms with Gasteiger partial charge in [-0.1, -0.05) is 25.1 Å². The van der Waals surface area contributed by atoms with Gasteiger partial charge in [0.25, 0.3) is 5.91 Å². The van der Waals surface area contributed by atoms with Crippen LogP contribution < -0.4 is 14.8 Å². The standard InChI is InChI=1S/C17H22N2O4/c1-11(2)7-13-9-14(19-23-13)17(20)18-10-12-5-6-15(21-3)16(8-12)22-4/h5-6,8-9,11H,7,10H2,1-4H3,(H,18,20). The highest BCUT2D eigenvalue weighted by Gasteiger charge is 2.13. The largest absolute Gasteiger partial charge is 0.493 e. The molecule has 1 aromatic carbocycles. The van der Waals surface area contributed by atoms with Crippen molar-refractivity contribution >= 4 is 5.91 Å². The Labute approximate surface area is 135 Å². The van der Waals surface area contributed by atoms with E-state index in [0.29, 0.717) is 29.7 Å². The van der Waals surface area contributed by atoms with Crippen LogP contribution in [-0.2, 0) is 13.0 Å². The maximum Gasteiger partial charge on any atom is 0.273 e. The van der Waals surface area contributed by atoms with Gasteiger partial charge in [0.05, 0.1) is 14.2 Å². The maximum atomic E-state index is 12.1. The van der Waals surface area contributed by atoms with E-state index in [0.717, 1.165) is 17.7 Å². The van der Waals surface area contributed by atoms with Crippen LogP contribution in [0.2, 0.25) is 0 Å². The molecule has 6 nitrogen and oxygen atoms in total. The fourth-order valence-corrected chi connectivity index (χ4v) is 2.18. The van der Waals surface area contributed by atoms with Crippen LogP contribution in [0.4, 0.5) is 0 Å². The molecular formula is C17H22N2O4. The molecule has 6 heteroatoms. The van der Waals surface area contributed by atoms with Gasteiger partial charge >= 0.3 is 0 Å². The Kier molecular flexibility index (Phi) is 5.62. The number of methoxy groups -OCH3 is 2. The van der Waals surface area contributed by atoms with Gasteiger partial charge in [-0.05, 0) is 23.6 Å². The number of aromatic nitrogens is 1. The number of hydrogen-bond donors (Lipinski definition) is 1. The van der Waals surface area contributed by atoms with E-state index in [1.165, 1.54) is 0 Å². The Morgan fingerprint density at radius 3 is 2.61 bits per heavy atom. The summed E-state index contributed by atoms with van der Waals surface area (Å²) in [6.45, 7) is 4.53. The molecule has 1 heterocycles. The summed E-state index contributed by atoms with van der Waals surface area (Å²) >= 11 is 0. The highest BCUT2D eigenvalue weighted by Crippen LogP contribution is 2.27. The van der Waals surface area contributed by atoms with Crippen molar-refractivity contribution in [3.63, 3.8) is 0 Å². The van der Waals surface area contributed by atoms with Gasteiger partial charge in [0.15, 0.2) is 17.2 Å². The van der Waals surface area contributed by atoms with Crippen molar-refractivity contribution in [1.29, 1.82) is 0 Å².